The third-order valence-electron chi connectivity index (χ3n) is 7.67. The van der Waals surface area contributed by atoms with Crippen molar-refractivity contribution in [2.45, 2.75) is 71.7 Å². The van der Waals surface area contributed by atoms with Gasteiger partial charge in [-0.25, -0.2) is 9.79 Å². The highest BCUT2D eigenvalue weighted by molar-refractivity contribution is 8.15. The maximum Gasteiger partial charge on any atom is 0.434 e. The SMILES string of the molecule is COC(=O)N=C(SC)C(=Nc1ccc(-c2noc(C)n2)cc1)c1cc(CO[Si](C(C)C)(C(C)C)C(C)C)c(OC)c(OC)c1. The number of hydrogen-bond donors (Lipinski definition) is 0. The Hall–Kier alpha value is -3.48. The second-order valence-electron chi connectivity index (χ2n) is 11.2. The molecule has 10 nitrogen and oxygen atoms in total. The maximum atomic E-state index is 12.3. The van der Waals surface area contributed by atoms with Crippen LogP contribution in [-0.2, 0) is 15.8 Å². The molecule has 0 fully saturated rings. The van der Waals surface area contributed by atoms with Crippen molar-refractivity contribution in [3.05, 3.63) is 53.4 Å². The molecule has 0 bridgehead atoms. The number of aromatic nitrogens is 2. The molecule has 0 spiro atoms. The molecule has 3 rings (SSSR count). The van der Waals surface area contributed by atoms with Gasteiger partial charge in [0, 0.05) is 23.6 Å². The summed E-state index contributed by atoms with van der Waals surface area (Å²) in [5, 5.41) is 4.37. The Morgan fingerprint density at radius 2 is 1.61 bits per heavy atom. The first kappa shape index (κ1) is 35.0. The molecule has 0 atom stereocenters. The molecule has 12 heteroatoms. The van der Waals surface area contributed by atoms with Gasteiger partial charge in [-0.05, 0) is 59.3 Å². The van der Waals surface area contributed by atoms with E-state index < -0.39 is 14.4 Å². The predicted molar refractivity (Wildman–Crippen MR) is 179 cm³/mol. The molecule has 1 heterocycles. The molecule has 0 aliphatic carbocycles. The van der Waals surface area contributed by atoms with Crippen molar-refractivity contribution in [3.8, 4) is 22.9 Å². The van der Waals surface area contributed by atoms with Crippen LogP contribution in [0.1, 0.15) is 58.6 Å². The van der Waals surface area contributed by atoms with E-state index in [2.05, 4.69) is 56.7 Å². The van der Waals surface area contributed by atoms with Gasteiger partial charge in [0.2, 0.25) is 20.0 Å². The molecule has 0 radical (unpaired) electrons. The maximum absolute atomic E-state index is 12.3. The number of nitrogens with zero attached hydrogens (tertiary/aromatic N) is 4. The summed E-state index contributed by atoms with van der Waals surface area (Å²) in [6, 6.07) is 11.2. The average Bonchev–Trinajstić information content (AvgIpc) is 3.44. The van der Waals surface area contributed by atoms with E-state index in [4.69, 9.17) is 28.2 Å². The lowest BCUT2D eigenvalue weighted by atomic mass is 10.0. The third-order valence-corrected chi connectivity index (χ3v) is 14.4. The van der Waals surface area contributed by atoms with Crippen LogP contribution in [0.2, 0.25) is 16.6 Å². The second-order valence-corrected chi connectivity index (χ2v) is 17.5. The standard InChI is InChI=1S/C32H44N4O6SSi/c1-19(2)44(20(3)4,21(5)6)41-18-25-16-24(17-27(38-8)29(25)39-9)28(31(43-11)35-32(37)40-10)34-26-14-12-23(13-15-26)30-33-22(7)42-36-30/h12-17,19-21H,18H2,1-11H3. The Labute approximate surface area is 265 Å². The number of benzene rings is 2. The van der Waals surface area contributed by atoms with Crippen molar-refractivity contribution in [1.82, 2.24) is 10.1 Å². The van der Waals surface area contributed by atoms with Crippen LogP contribution in [0.5, 0.6) is 11.5 Å². The van der Waals surface area contributed by atoms with E-state index in [1.807, 2.05) is 42.7 Å². The fraction of sp³-hybridized carbons (Fsp3) is 0.469. The molecule has 0 aliphatic heterocycles. The van der Waals surface area contributed by atoms with E-state index >= 15 is 0 Å². The van der Waals surface area contributed by atoms with Crippen molar-refractivity contribution in [3.63, 3.8) is 0 Å². The number of methoxy groups -OCH3 is 3. The minimum atomic E-state index is -2.20. The van der Waals surface area contributed by atoms with Gasteiger partial charge in [-0.2, -0.15) is 9.98 Å². The first-order chi connectivity index (χ1) is 20.9. The third kappa shape index (κ3) is 7.77. The summed E-state index contributed by atoms with van der Waals surface area (Å²) >= 11 is 1.29. The van der Waals surface area contributed by atoms with Gasteiger partial charge in [0.05, 0.1) is 33.6 Å². The highest BCUT2D eigenvalue weighted by Crippen LogP contribution is 2.44. The quantitative estimate of drug-likeness (QED) is 0.109. The zero-order chi connectivity index (χ0) is 32.6. The molecule has 3 aromatic rings. The van der Waals surface area contributed by atoms with E-state index in [-0.39, 0.29) is 0 Å². The molecule has 44 heavy (non-hydrogen) atoms. The zero-order valence-corrected chi connectivity index (χ0v) is 29.4. The lowest BCUT2D eigenvalue weighted by Crippen LogP contribution is -2.47. The molecule has 238 valence electrons. The summed E-state index contributed by atoms with van der Waals surface area (Å²) in [7, 11) is 2.30. The number of rotatable bonds is 12. The van der Waals surface area contributed by atoms with Gasteiger partial charge in [0.15, 0.2) is 11.5 Å². The Balaban J connectivity index is 2.20. The minimum absolute atomic E-state index is 0.336. The lowest BCUT2D eigenvalue weighted by Gasteiger charge is -2.42. The van der Waals surface area contributed by atoms with Crippen molar-refractivity contribution >= 4 is 42.6 Å². The van der Waals surface area contributed by atoms with Gasteiger partial charge in [0.25, 0.3) is 0 Å². The van der Waals surface area contributed by atoms with Gasteiger partial charge in [-0.3, -0.25) is 0 Å². The smallest absolute Gasteiger partial charge is 0.434 e. The molecule has 1 aromatic heterocycles. The second kappa shape index (κ2) is 15.5. The van der Waals surface area contributed by atoms with Crippen molar-refractivity contribution in [2.24, 2.45) is 9.98 Å². The molecule has 0 saturated heterocycles. The van der Waals surface area contributed by atoms with Gasteiger partial charge in [-0.15, -0.1) is 11.8 Å². The number of aliphatic imine (C=N–C) groups is 2. The number of carbonyl (C=O) groups is 1. The Morgan fingerprint density at radius 1 is 0.977 bits per heavy atom. The van der Waals surface area contributed by atoms with Crippen LogP contribution < -0.4 is 9.47 Å². The lowest BCUT2D eigenvalue weighted by molar-refractivity contribution is 0.183. The van der Waals surface area contributed by atoms with Gasteiger partial charge < -0.3 is 23.2 Å². The fourth-order valence-electron chi connectivity index (χ4n) is 5.78. The molecule has 0 aliphatic rings. The highest BCUT2D eigenvalue weighted by Gasteiger charge is 2.45. The summed E-state index contributed by atoms with van der Waals surface area (Å²) in [6.45, 7) is 15.6. The number of aryl methyl sites for hydroxylation is 1. The molecule has 2 aromatic carbocycles. The number of hydrogen-bond acceptors (Lipinski definition) is 10. The van der Waals surface area contributed by atoms with Crippen LogP contribution in [-0.4, -0.2) is 62.9 Å². The highest BCUT2D eigenvalue weighted by atomic mass is 32.2. The predicted octanol–water partition coefficient (Wildman–Crippen LogP) is 8.40. The topological polar surface area (TPSA) is 118 Å². The van der Waals surface area contributed by atoms with Crippen molar-refractivity contribution < 1.29 is 28.0 Å². The van der Waals surface area contributed by atoms with E-state index in [0.29, 0.717) is 68.5 Å². The first-order valence-electron chi connectivity index (χ1n) is 14.5. The monoisotopic (exact) mass is 640 g/mol. The Bertz CT molecular complexity index is 1460. The van der Waals surface area contributed by atoms with Crippen LogP contribution in [0.25, 0.3) is 11.4 Å². The van der Waals surface area contributed by atoms with E-state index in [1.54, 1.807) is 21.1 Å². The zero-order valence-electron chi connectivity index (χ0n) is 27.5. The van der Waals surface area contributed by atoms with Crippen molar-refractivity contribution in [2.75, 3.05) is 27.6 Å². The Kier molecular flexibility index (Phi) is 12.3. The summed E-state index contributed by atoms with van der Waals surface area (Å²) in [5.41, 5.74) is 4.61. The van der Waals surface area contributed by atoms with E-state index in [9.17, 15) is 4.79 Å². The van der Waals surface area contributed by atoms with Crippen molar-refractivity contribution in [1.29, 1.82) is 0 Å². The van der Waals surface area contributed by atoms with Crippen LogP contribution >= 0.6 is 11.8 Å². The number of ether oxygens (including phenoxy) is 3. The summed E-state index contributed by atoms with van der Waals surface area (Å²) in [4.78, 5) is 25.8. The largest absolute Gasteiger partial charge is 0.493 e. The van der Waals surface area contributed by atoms with Crippen LogP contribution in [0, 0.1) is 6.92 Å². The van der Waals surface area contributed by atoms with Gasteiger partial charge in [0.1, 0.15) is 10.8 Å². The summed E-state index contributed by atoms with van der Waals surface area (Å²) in [5.74, 6) is 2.08. The van der Waals surface area contributed by atoms with E-state index in [1.165, 1.54) is 18.9 Å². The summed E-state index contributed by atoms with van der Waals surface area (Å²) in [6.07, 6.45) is 1.10. The fourth-order valence-corrected chi connectivity index (χ4v) is 11.7. The summed E-state index contributed by atoms with van der Waals surface area (Å²) < 4.78 is 28.6. The normalized spacial score (nSPS) is 12.8. The number of amides is 1. The van der Waals surface area contributed by atoms with Crippen LogP contribution in [0.4, 0.5) is 10.5 Å². The molecule has 0 saturated carbocycles. The van der Waals surface area contributed by atoms with Gasteiger partial charge >= 0.3 is 6.09 Å². The minimum Gasteiger partial charge on any atom is -0.493 e. The number of thioether (sulfide) groups is 1. The van der Waals surface area contributed by atoms with Gasteiger partial charge in [-0.1, -0.05) is 46.7 Å². The van der Waals surface area contributed by atoms with Crippen LogP contribution in [0.15, 0.2) is 50.9 Å². The molecular weight excluding hydrogens is 597 g/mol. The average molecular weight is 641 g/mol. The Morgan fingerprint density at radius 3 is 2.09 bits per heavy atom. The molecule has 1 amide bonds. The molecule has 0 unspecified atom stereocenters. The van der Waals surface area contributed by atoms with E-state index in [0.717, 1.165) is 11.1 Å². The molecule has 0 N–H and O–H groups in total. The molecular formula is C32H44N4O6SSi. The first-order valence-corrected chi connectivity index (χ1v) is 17.9. The van der Waals surface area contributed by atoms with Crippen LogP contribution in [0.3, 0.4) is 0 Å². The number of carbonyl (C=O) groups excluding carboxylic acids is 1.